The zero-order chi connectivity index (χ0) is 15.5. The summed E-state index contributed by atoms with van der Waals surface area (Å²) >= 11 is 0. The van der Waals surface area contributed by atoms with E-state index in [0.29, 0.717) is 30.8 Å². The van der Waals surface area contributed by atoms with Crippen molar-refractivity contribution in [2.24, 2.45) is 0 Å². The molecule has 2 rings (SSSR count). The SMILES string of the molecule is Cc1ccc(/C=C/C(=O)O)cc1S(=O)(=O)NC1CCOC1. The number of aliphatic carboxylic acids is 1. The van der Waals surface area contributed by atoms with Crippen LogP contribution in [0.1, 0.15) is 17.5 Å². The summed E-state index contributed by atoms with van der Waals surface area (Å²) in [7, 11) is -3.65. The van der Waals surface area contributed by atoms with Gasteiger partial charge in [0.2, 0.25) is 10.0 Å². The predicted octanol–water partition coefficient (Wildman–Crippen LogP) is 1.16. The number of hydrogen-bond acceptors (Lipinski definition) is 4. The maximum absolute atomic E-state index is 12.4. The number of rotatable bonds is 5. The molecule has 6 nitrogen and oxygen atoms in total. The van der Waals surface area contributed by atoms with Crippen molar-refractivity contribution in [2.75, 3.05) is 13.2 Å². The van der Waals surface area contributed by atoms with Crippen molar-refractivity contribution < 1.29 is 23.1 Å². The number of benzene rings is 1. The van der Waals surface area contributed by atoms with Crippen molar-refractivity contribution in [2.45, 2.75) is 24.3 Å². The molecule has 0 aliphatic carbocycles. The molecule has 1 atom stereocenters. The van der Waals surface area contributed by atoms with Crippen LogP contribution in [0.3, 0.4) is 0 Å². The maximum Gasteiger partial charge on any atom is 0.328 e. The second-order valence-electron chi connectivity index (χ2n) is 4.88. The molecule has 1 saturated heterocycles. The Morgan fingerprint density at radius 2 is 2.24 bits per heavy atom. The summed E-state index contributed by atoms with van der Waals surface area (Å²) in [6.07, 6.45) is 2.98. The summed E-state index contributed by atoms with van der Waals surface area (Å²) in [6, 6.07) is 4.58. The van der Waals surface area contributed by atoms with Gasteiger partial charge in [0, 0.05) is 18.7 Å². The van der Waals surface area contributed by atoms with Crippen LogP contribution in [-0.4, -0.2) is 38.7 Å². The van der Waals surface area contributed by atoms with Gasteiger partial charge in [-0.15, -0.1) is 0 Å². The van der Waals surface area contributed by atoms with Crippen LogP contribution in [0.25, 0.3) is 6.08 Å². The minimum Gasteiger partial charge on any atom is -0.478 e. The Hall–Kier alpha value is -1.70. The Bertz CT molecular complexity index is 660. The minimum atomic E-state index is -3.65. The Labute approximate surface area is 123 Å². The first-order chi connectivity index (χ1) is 9.88. The molecule has 0 amide bonds. The molecular weight excluding hydrogens is 294 g/mol. The summed E-state index contributed by atoms with van der Waals surface area (Å²) in [5.74, 6) is -1.08. The molecule has 21 heavy (non-hydrogen) atoms. The number of ether oxygens (including phenoxy) is 1. The van der Waals surface area contributed by atoms with Gasteiger partial charge in [0.05, 0.1) is 11.5 Å². The molecule has 2 N–H and O–H groups in total. The van der Waals surface area contributed by atoms with Gasteiger partial charge in [-0.2, -0.15) is 0 Å². The normalized spacial score (nSPS) is 19.2. The first-order valence-corrected chi connectivity index (χ1v) is 7.98. The average Bonchev–Trinajstić information content (AvgIpc) is 2.89. The first-order valence-electron chi connectivity index (χ1n) is 6.50. The molecule has 1 aliphatic heterocycles. The van der Waals surface area contributed by atoms with Crippen LogP contribution in [0, 0.1) is 6.92 Å². The summed E-state index contributed by atoms with van der Waals surface area (Å²) in [5, 5.41) is 8.62. The van der Waals surface area contributed by atoms with Crippen LogP contribution in [0.5, 0.6) is 0 Å². The quantitative estimate of drug-likeness (QED) is 0.796. The molecule has 1 aliphatic rings. The van der Waals surface area contributed by atoms with Crippen molar-refractivity contribution in [1.29, 1.82) is 0 Å². The fraction of sp³-hybridized carbons (Fsp3) is 0.357. The second-order valence-corrected chi connectivity index (χ2v) is 6.56. The zero-order valence-electron chi connectivity index (χ0n) is 11.6. The molecule has 0 saturated carbocycles. The highest BCUT2D eigenvalue weighted by molar-refractivity contribution is 7.89. The molecule has 0 bridgehead atoms. The van der Waals surface area contributed by atoms with E-state index in [-0.39, 0.29) is 10.9 Å². The highest BCUT2D eigenvalue weighted by Gasteiger charge is 2.24. The van der Waals surface area contributed by atoms with Gasteiger partial charge >= 0.3 is 5.97 Å². The van der Waals surface area contributed by atoms with Gasteiger partial charge in [-0.3, -0.25) is 0 Å². The number of carbonyl (C=O) groups is 1. The lowest BCUT2D eigenvalue weighted by atomic mass is 10.1. The number of carboxylic acids is 1. The Morgan fingerprint density at radius 3 is 2.86 bits per heavy atom. The Balaban J connectivity index is 2.28. The van der Waals surface area contributed by atoms with Crippen LogP contribution >= 0.6 is 0 Å². The van der Waals surface area contributed by atoms with Gasteiger partial charge < -0.3 is 9.84 Å². The van der Waals surface area contributed by atoms with Crippen LogP contribution in [-0.2, 0) is 19.6 Å². The van der Waals surface area contributed by atoms with Crippen LogP contribution in [0.4, 0.5) is 0 Å². The van der Waals surface area contributed by atoms with E-state index in [9.17, 15) is 13.2 Å². The molecule has 0 aromatic heterocycles. The van der Waals surface area contributed by atoms with Gasteiger partial charge in [-0.25, -0.2) is 17.9 Å². The van der Waals surface area contributed by atoms with Crippen LogP contribution in [0.2, 0.25) is 0 Å². The van der Waals surface area contributed by atoms with Gasteiger partial charge in [-0.05, 0) is 36.6 Å². The molecule has 0 spiro atoms. The lowest BCUT2D eigenvalue weighted by molar-refractivity contribution is -0.131. The molecule has 1 fully saturated rings. The fourth-order valence-electron chi connectivity index (χ4n) is 2.09. The van der Waals surface area contributed by atoms with Crippen molar-refractivity contribution >= 4 is 22.1 Å². The van der Waals surface area contributed by atoms with E-state index in [1.807, 2.05) is 0 Å². The number of nitrogens with one attached hydrogen (secondary N) is 1. The third kappa shape index (κ3) is 4.13. The standard InChI is InChI=1S/C14H17NO5S/c1-10-2-3-11(4-5-14(16)17)8-13(10)21(18,19)15-12-6-7-20-9-12/h2-5,8,12,15H,6-7,9H2,1H3,(H,16,17)/b5-4+. The molecule has 0 radical (unpaired) electrons. The van der Waals surface area contributed by atoms with E-state index in [4.69, 9.17) is 9.84 Å². The summed E-state index contributed by atoms with van der Waals surface area (Å²) < 4.78 is 32.6. The molecule has 114 valence electrons. The zero-order valence-corrected chi connectivity index (χ0v) is 12.4. The van der Waals surface area contributed by atoms with Crippen molar-refractivity contribution in [3.05, 3.63) is 35.4 Å². The van der Waals surface area contributed by atoms with E-state index in [0.717, 1.165) is 6.08 Å². The third-order valence-electron chi connectivity index (χ3n) is 3.17. The van der Waals surface area contributed by atoms with Crippen LogP contribution < -0.4 is 4.72 Å². The largest absolute Gasteiger partial charge is 0.478 e. The minimum absolute atomic E-state index is 0.155. The lowest BCUT2D eigenvalue weighted by Gasteiger charge is -2.13. The predicted molar refractivity (Wildman–Crippen MR) is 77.4 cm³/mol. The number of sulfonamides is 1. The second kappa shape index (κ2) is 6.38. The summed E-state index contributed by atoms with van der Waals surface area (Å²) in [4.78, 5) is 10.7. The number of aryl methyl sites for hydroxylation is 1. The molecule has 1 aromatic carbocycles. The lowest BCUT2D eigenvalue weighted by Crippen LogP contribution is -2.35. The summed E-state index contributed by atoms with van der Waals surface area (Å²) in [6.45, 7) is 2.62. The van der Waals surface area contributed by atoms with E-state index in [2.05, 4.69) is 4.72 Å². The van der Waals surface area contributed by atoms with Gasteiger partial charge in [-0.1, -0.05) is 12.1 Å². The molecule has 1 unspecified atom stereocenters. The fourth-order valence-corrected chi connectivity index (χ4v) is 3.62. The van der Waals surface area contributed by atoms with Crippen molar-refractivity contribution in [1.82, 2.24) is 4.72 Å². The smallest absolute Gasteiger partial charge is 0.328 e. The molecule has 1 aromatic rings. The average molecular weight is 311 g/mol. The number of hydrogen-bond donors (Lipinski definition) is 2. The molecular formula is C14H17NO5S. The first kappa shape index (κ1) is 15.7. The Kier molecular flexibility index (Phi) is 4.76. The van der Waals surface area contributed by atoms with Gasteiger partial charge in [0.1, 0.15) is 0 Å². The number of carboxylic acid groups (broad SMARTS) is 1. The monoisotopic (exact) mass is 311 g/mol. The van der Waals surface area contributed by atoms with Gasteiger partial charge in [0.15, 0.2) is 0 Å². The highest BCUT2D eigenvalue weighted by atomic mass is 32.2. The van der Waals surface area contributed by atoms with E-state index < -0.39 is 16.0 Å². The molecule has 1 heterocycles. The topological polar surface area (TPSA) is 92.7 Å². The summed E-state index contributed by atoms with van der Waals surface area (Å²) in [5.41, 5.74) is 1.12. The van der Waals surface area contributed by atoms with E-state index >= 15 is 0 Å². The molecule has 7 heteroatoms. The van der Waals surface area contributed by atoms with Gasteiger partial charge in [0.25, 0.3) is 0 Å². The van der Waals surface area contributed by atoms with E-state index in [1.165, 1.54) is 12.1 Å². The maximum atomic E-state index is 12.4. The highest BCUT2D eigenvalue weighted by Crippen LogP contribution is 2.19. The Morgan fingerprint density at radius 1 is 1.48 bits per heavy atom. The van der Waals surface area contributed by atoms with E-state index in [1.54, 1.807) is 19.1 Å². The van der Waals surface area contributed by atoms with Crippen LogP contribution in [0.15, 0.2) is 29.2 Å². The third-order valence-corrected chi connectivity index (χ3v) is 4.83. The van der Waals surface area contributed by atoms with Crippen molar-refractivity contribution in [3.63, 3.8) is 0 Å². The van der Waals surface area contributed by atoms with Crippen molar-refractivity contribution in [3.8, 4) is 0 Å².